The monoisotopic (exact) mass is 308 g/mol. The van der Waals surface area contributed by atoms with Gasteiger partial charge in [0.15, 0.2) is 5.82 Å². The van der Waals surface area contributed by atoms with Gasteiger partial charge in [0.1, 0.15) is 0 Å². The van der Waals surface area contributed by atoms with E-state index < -0.39 is 0 Å². The zero-order chi connectivity index (χ0) is 15.5. The summed E-state index contributed by atoms with van der Waals surface area (Å²) in [4.78, 5) is 0. The molecule has 0 aliphatic carbocycles. The Labute approximate surface area is 134 Å². The Bertz CT molecular complexity index is 872. The van der Waals surface area contributed by atoms with E-state index >= 15 is 0 Å². The van der Waals surface area contributed by atoms with E-state index in [0.29, 0.717) is 10.6 Å². The standard InChI is InChI=1S/C17H16N4S/c1-12-7-9-14(10-8-12)11-18-21-16(19-20-17(21)22)15-6-4-3-5-13(15)2/h3-11H,1-2H3,(H,20,22)/b18-11+. The molecule has 1 N–H and O–H groups in total. The van der Waals surface area contributed by atoms with E-state index in [1.54, 1.807) is 10.9 Å². The number of benzene rings is 2. The number of aromatic amines is 1. The van der Waals surface area contributed by atoms with E-state index in [4.69, 9.17) is 12.2 Å². The molecule has 0 radical (unpaired) electrons. The van der Waals surface area contributed by atoms with Crippen LogP contribution in [-0.4, -0.2) is 21.1 Å². The Hall–Kier alpha value is -2.53. The first kappa shape index (κ1) is 14.4. The van der Waals surface area contributed by atoms with Gasteiger partial charge < -0.3 is 0 Å². The van der Waals surface area contributed by atoms with Crippen LogP contribution in [0.4, 0.5) is 0 Å². The first-order valence-electron chi connectivity index (χ1n) is 6.99. The topological polar surface area (TPSA) is 46.0 Å². The lowest BCUT2D eigenvalue weighted by Gasteiger charge is -2.04. The van der Waals surface area contributed by atoms with E-state index in [1.165, 1.54) is 5.56 Å². The molecule has 0 saturated heterocycles. The van der Waals surface area contributed by atoms with Crippen LogP contribution in [0.15, 0.2) is 53.6 Å². The molecule has 5 heteroatoms. The second-order valence-corrected chi connectivity index (χ2v) is 5.52. The summed E-state index contributed by atoms with van der Waals surface area (Å²) in [5, 5.41) is 11.6. The third-order valence-corrected chi connectivity index (χ3v) is 3.70. The van der Waals surface area contributed by atoms with Crippen LogP contribution >= 0.6 is 12.2 Å². The molecule has 0 fully saturated rings. The molecule has 0 atom stereocenters. The smallest absolute Gasteiger partial charge is 0.216 e. The third kappa shape index (κ3) is 2.89. The zero-order valence-electron chi connectivity index (χ0n) is 12.4. The fourth-order valence-corrected chi connectivity index (χ4v) is 2.35. The molecule has 110 valence electrons. The van der Waals surface area contributed by atoms with Crippen molar-refractivity contribution >= 4 is 18.4 Å². The molecule has 22 heavy (non-hydrogen) atoms. The van der Waals surface area contributed by atoms with Gasteiger partial charge in [-0.05, 0) is 37.2 Å². The lowest BCUT2D eigenvalue weighted by molar-refractivity contribution is 0.871. The van der Waals surface area contributed by atoms with E-state index in [1.807, 2.05) is 43.3 Å². The molecule has 0 bridgehead atoms. The van der Waals surface area contributed by atoms with Crippen LogP contribution in [0, 0.1) is 18.6 Å². The Balaban J connectivity index is 2.02. The molecule has 0 unspecified atom stereocenters. The van der Waals surface area contributed by atoms with Gasteiger partial charge in [-0.3, -0.25) is 0 Å². The molecule has 1 aromatic heterocycles. The Morgan fingerprint density at radius 2 is 1.82 bits per heavy atom. The normalized spacial score (nSPS) is 11.2. The molecule has 0 amide bonds. The summed E-state index contributed by atoms with van der Waals surface area (Å²) in [5.74, 6) is 0.714. The van der Waals surface area contributed by atoms with Crippen molar-refractivity contribution in [3.63, 3.8) is 0 Å². The summed E-state index contributed by atoms with van der Waals surface area (Å²) in [6.45, 7) is 4.10. The highest BCUT2D eigenvalue weighted by atomic mass is 32.1. The van der Waals surface area contributed by atoms with Gasteiger partial charge in [-0.2, -0.15) is 14.9 Å². The first-order chi connectivity index (χ1) is 10.6. The van der Waals surface area contributed by atoms with Crippen molar-refractivity contribution in [2.75, 3.05) is 0 Å². The Morgan fingerprint density at radius 3 is 2.55 bits per heavy atom. The molecular formula is C17H16N4S. The molecule has 0 spiro atoms. The Morgan fingerprint density at radius 1 is 1.09 bits per heavy atom. The quantitative estimate of drug-likeness (QED) is 0.584. The number of nitrogens with zero attached hydrogens (tertiary/aromatic N) is 3. The largest absolute Gasteiger partial charge is 0.250 e. The van der Waals surface area contributed by atoms with Gasteiger partial charge in [-0.1, -0.05) is 54.1 Å². The van der Waals surface area contributed by atoms with Gasteiger partial charge in [0.2, 0.25) is 4.77 Å². The minimum atomic E-state index is 0.474. The second-order valence-electron chi connectivity index (χ2n) is 5.13. The highest BCUT2D eigenvalue weighted by Gasteiger charge is 2.09. The number of rotatable bonds is 3. The zero-order valence-corrected chi connectivity index (χ0v) is 13.3. The molecule has 2 aromatic carbocycles. The second kappa shape index (κ2) is 6.07. The maximum absolute atomic E-state index is 5.28. The number of aromatic nitrogens is 3. The van der Waals surface area contributed by atoms with Gasteiger partial charge in [0.25, 0.3) is 0 Å². The maximum atomic E-state index is 5.28. The molecule has 0 aliphatic rings. The molecule has 3 aromatic rings. The van der Waals surface area contributed by atoms with Crippen molar-refractivity contribution in [1.82, 2.24) is 14.9 Å². The molecular weight excluding hydrogens is 292 g/mol. The maximum Gasteiger partial charge on any atom is 0.216 e. The van der Waals surface area contributed by atoms with Crippen LogP contribution in [0.2, 0.25) is 0 Å². The number of H-pyrrole nitrogens is 1. The van der Waals surface area contributed by atoms with Gasteiger partial charge in [0.05, 0.1) is 6.21 Å². The van der Waals surface area contributed by atoms with E-state index in [0.717, 1.165) is 16.7 Å². The summed E-state index contributed by atoms with van der Waals surface area (Å²) >= 11 is 5.28. The lowest BCUT2D eigenvalue weighted by atomic mass is 10.1. The number of hydrogen-bond acceptors (Lipinski definition) is 3. The van der Waals surface area contributed by atoms with Crippen LogP contribution in [0.5, 0.6) is 0 Å². The van der Waals surface area contributed by atoms with Crippen LogP contribution in [0.3, 0.4) is 0 Å². The van der Waals surface area contributed by atoms with Gasteiger partial charge in [-0.25, -0.2) is 5.10 Å². The fraction of sp³-hybridized carbons (Fsp3) is 0.118. The van der Waals surface area contributed by atoms with Crippen LogP contribution in [0.1, 0.15) is 16.7 Å². The van der Waals surface area contributed by atoms with Gasteiger partial charge >= 0.3 is 0 Å². The van der Waals surface area contributed by atoms with Crippen molar-refractivity contribution in [2.45, 2.75) is 13.8 Å². The van der Waals surface area contributed by atoms with Gasteiger partial charge in [-0.15, -0.1) is 0 Å². The lowest BCUT2D eigenvalue weighted by Crippen LogP contribution is -1.96. The van der Waals surface area contributed by atoms with Crippen molar-refractivity contribution in [3.05, 3.63) is 70.0 Å². The summed E-state index contributed by atoms with van der Waals surface area (Å²) in [7, 11) is 0. The van der Waals surface area contributed by atoms with Gasteiger partial charge in [0, 0.05) is 5.56 Å². The third-order valence-electron chi connectivity index (χ3n) is 3.44. The molecule has 0 aliphatic heterocycles. The number of hydrogen-bond donors (Lipinski definition) is 1. The predicted molar refractivity (Wildman–Crippen MR) is 91.8 cm³/mol. The van der Waals surface area contributed by atoms with Crippen LogP contribution in [0.25, 0.3) is 11.4 Å². The first-order valence-corrected chi connectivity index (χ1v) is 7.40. The summed E-state index contributed by atoms with van der Waals surface area (Å²) < 4.78 is 2.12. The summed E-state index contributed by atoms with van der Waals surface area (Å²) in [5.41, 5.74) is 4.38. The van der Waals surface area contributed by atoms with Crippen LogP contribution < -0.4 is 0 Å². The van der Waals surface area contributed by atoms with Crippen molar-refractivity contribution in [1.29, 1.82) is 0 Å². The highest BCUT2D eigenvalue weighted by molar-refractivity contribution is 7.71. The van der Waals surface area contributed by atoms with E-state index in [9.17, 15) is 0 Å². The predicted octanol–water partition coefficient (Wildman–Crippen LogP) is 4.11. The molecule has 1 heterocycles. The summed E-state index contributed by atoms with van der Waals surface area (Å²) in [6.07, 6.45) is 1.78. The fourth-order valence-electron chi connectivity index (χ4n) is 2.17. The van der Waals surface area contributed by atoms with Crippen molar-refractivity contribution < 1.29 is 0 Å². The average Bonchev–Trinajstić information content (AvgIpc) is 2.88. The minimum Gasteiger partial charge on any atom is -0.250 e. The number of aryl methyl sites for hydroxylation is 2. The van der Waals surface area contributed by atoms with Crippen molar-refractivity contribution in [3.8, 4) is 11.4 Å². The Kier molecular flexibility index (Phi) is 3.98. The SMILES string of the molecule is Cc1ccc(/C=N/n2c(-c3ccccc3C)n[nH]c2=S)cc1. The van der Waals surface area contributed by atoms with E-state index in [2.05, 4.69) is 34.4 Å². The minimum absolute atomic E-state index is 0.474. The molecule has 3 rings (SSSR count). The van der Waals surface area contributed by atoms with Crippen molar-refractivity contribution in [2.24, 2.45) is 5.10 Å². The molecule has 0 saturated carbocycles. The average molecular weight is 308 g/mol. The summed E-state index contributed by atoms with van der Waals surface area (Å²) in [6, 6.07) is 16.2. The number of nitrogens with one attached hydrogen (secondary N) is 1. The highest BCUT2D eigenvalue weighted by Crippen LogP contribution is 2.21. The van der Waals surface area contributed by atoms with Crippen LogP contribution in [-0.2, 0) is 0 Å². The van der Waals surface area contributed by atoms with E-state index in [-0.39, 0.29) is 0 Å². The molecule has 4 nitrogen and oxygen atoms in total.